The third-order valence-corrected chi connectivity index (χ3v) is 3.10. The van der Waals surface area contributed by atoms with Crippen molar-refractivity contribution in [3.63, 3.8) is 0 Å². The summed E-state index contributed by atoms with van der Waals surface area (Å²) in [5.74, 6) is -0.0465. The van der Waals surface area contributed by atoms with E-state index in [0.717, 1.165) is 12.6 Å². The molecule has 0 spiro atoms. The maximum atomic E-state index is 12.0. The molecule has 1 aliphatic heterocycles. The molecule has 2 heterocycles. The van der Waals surface area contributed by atoms with Crippen LogP contribution in [0.1, 0.15) is 23.8 Å². The predicted octanol–water partition coefficient (Wildman–Crippen LogP) is -0.387. The molecule has 17 heavy (non-hydrogen) atoms. The number of aliphatic hydroxyl groups is 1. The van der Waals surface area contributed by atoms with Gasteiger partial charge in [-0.1, -0.05) is 6.92 Å². The lowest BCUT2D eigenvalue weighted by Gasteiger charge is -2.33. The van der Waals surface area contributed by atoms with Crippen molar-refractivity contribution in [3.05, 3.63) is 28.4 Å². The molecule has 0 bridgehead atoms. The first-order valence-electron chi connectivity index (χ1n) is 5.60. The third-order valence-electron chi connectivity index (χ3n) is 3.10. The zero-order chi connectivity index (χ0) is 12.4. The molecule has 2 atom stereocenters. The Balaban J connectivity index is 2.10. The second kappa shape index (κ2) is 4.67. The number of carbonyl (C=O) groups is 1. The number of carbonyl (C=O) groups excluding carboxylic acids is 1. The van der Waals surface area contributed by atoms with Gasteiger partial charge in [-0.3, -0.25) is 9.59 Å². The van der Waals surface area contributed by atoms with Gasteiger partial charge in [0.2, 0.25) is 0 Å². The number of hydrogen-bond donors (Lipinski definition) is 2. The second-order valence-electron chi connectivity index (χ2n) is 4.38. The number of aliphatic hydroxyl groups excluding tert-OH is 1. The Hall–Kier alpha value is -1.69. The van der Waals surface area contributed by atoms with E-state index in [0.29, 0.717) is 13.1 Å². The Labute approximate surface area is 98.3 Å². The maximum Gasteiger partial charge on any atom is 0.274 e. The first-order chi connectivity index (χ1) is 8.08. The van der Waals surface area contributed by atoms with Crippen molar-refractivity contribution < 1.29 is 9.90 Å². The minimum atomic E-state index is -0.490. The van der Waals surface area contributed by atoms with Gasteiger partial charge in [0.05, 0.1) is 12.3 Å². The summed E-state index contributed by atoms with van der Waals surface area (Å²) in [7, 11) is 0. The van der Waals surface area contributed by atoms with E-state index in [1.807, 2.05) is 6.92 Å². The molecule has 0 aliphatic carbocycles. The number of piperidine rings is 1. The predicted molar refractivity (Wildman–Crippen MR) is 60.5 cm³/mol. The van der Waals surface area contributed by atoms with Gasteiger partial charge in [0.25, 0.3) is 11.5 Å². The van der Waals surface area contributed by atoms with E-state index in [9.17, 15) is 14.7 Å². The van der Waals surface area contributed by atoms with E-state index in [1.165, 1.54) is 6.20 Å². The molecule has 1 aromatic rings. The van der Waals surface area contributed by atoms with Crippen molar-refractivity contribution in [1.82, 2.24) is 14.9 Å². The Morgan fingerprint density at radius 3 is 3.00 bits per heavy atom. The first-order valence-corrected chi connectivity index (χ1v) is 5.60. The van der Waals surface area contributed by atoms with Crippen LogP contribution in [0.3, 0.4) is 0 Å². The molecule has 92 valence electrons. The molecule has 1 aliphatic rings. The van der Waals surface area contributed by atoms with E-state index < -0.39 is 6.10 Å². The Bertz CT molecular complexity index is 451. The normalized spacial score (nSPS) is 24.7. The van der Waals surface area contributed by atoms with E-state index in [1.54, 1.807) is 4.90 Å². The third kappa shape index (κ3) is 2.52. The van der Waals surface area contributed by atoms with Crippen LogP contribution in [0.2, 0.25) is 0 Å². The minimum Gasteiger partial charge on any atom is -0.391 e. The highest BCUT2D eigenvalue weighted by atomic mass is 16.3. The van der Waals surface area contributed by atoms with Crippen molar-refractivity contribution in [3.8, 4) is 0 Å². The summed E-state index contributed by atoms with van der Waals surface area (Å²) in [6.45, 7) is 2.89. The zero-order valence-corrected chi connectivity index (χ0v) is 9.59. The smallest absolute Gasteiger partial charge is 0.274 e. The molecular formula is C11H15N3O3. The van der Waals surface area contributed by atoms with Gasteiger partial charge in [0, 0.05) is 19.3 Å². The second-order valence-corrected chi connectivity index (χ2v) is 4.38. The van der Waals surface area contributed by atoms with Crippen LogP contribution in [-0.2, 0) is 0 Å². The van der Waals surface area contributed by atoms with Crippen molar-refractivity contribution in [2.45, 2.75) is 19.4 Å². The number of H-pyrrole nitrogens is 1. The number of nitrogens with one attached hydrogen (secondary N) is 1. The number of amides is 1. The fraction of sp³-hybridized carbons (Fsp3) is 0.545. The largest absolute Gasteiger partial charge is 0.391 e. The molecule has 2 unspecified atom stereocenters. The van der Waals surface area contributed by atoms with Crippen molar-refractivity contribution in [2.75, 3.05) is 13.1 Å². The highest BCUT2D eigenvalue weighted by molar-refractivity contribution is 5.92. The molecule has 2 N–H and O–H groups in total. The van der Waals surface area contributed by atoms with Crippen molar-refractivity contribution >= 4 is 5.91 Å². The zero-order valence-electron chi connectivity index (χ0n) is 9.59. The van der Waals surface area contributed by atoms with Gasteiger partial charge in [0.1, 0.15) is 5.69 Å². The van der Waals surface area contributed by atoms with E-state index in [4.69, 9.17) is 0 Å². The van der Waals surface area contributed by atoms with Crippen LogP contribution in [-0.4, -0.2) is 45.1 Å². The Kier molecular flexibility index (Phi) is 3.23. The van der Waals surface area contributed by atoms with Crippen LogP contribution in [0.4, 0.5) is 0 Å². The molecule has 6 nitrogen and oxygen atoms in total. The molecule has 2 rings (SSSR count). The lowest BCUT2D eigenvalue weighted by Crippen LogP contribution is -2.46. The van der Waals surface area contributed by atoms with Gasteiger partial charge in [-0.15, -0.1) is 0 Å². The molecule has 1 amide bonds. The topological polar surface area (TPSA) is 86.3 Å². The van der Waals surface area contributed by atoms with Crippen LogP contribution >= 0.6 is 0 Å². The maximum absolute atomic E-state index is 12.0. The summed E-state index contributed by atoms with van der Waals surface area (Å²) in [6, 6.07) is 0. The number of likely N-dealkylation sites (tertiary alicyclic amines) is 1. The standard InChI is InChI=1S/C11H15N3O3/c1-7-2-3-14(6-9(7)15)11(17)8-4-13-10(16)5-12-8/h4-5,7,9,15H,2-3,6H2,1H3,(H,13,16). The van der Waals surface area contributed by atoms with Crippen molar-refractivity contribution in [1.29, 1.82) is 0 Å². The minimum absolute atomic E-state index is 0.200. The van der Waals surface area contributed by atoms with E-state index >= 15 is 0 Å². The van der Waals surface area contributed by atoms with Gasteiger partial charge in [-0.2, -0.15) is 0 Å². The fourth-order valence-electron chi connectivity index (χ4n) is 1.85. The summed E-state index contributed by atoms with van der Waals surface area (Å²) in [4.78, 5) is 30.6. The number of aromatic amines is 1. The van der Waals surface area contributed by atoms with Crippen LogP contribution in [0.15, 0.2) is 17.2 Å². The fourth-order valence-corrected chi connectivity index (χ4v) is 1.85. The van der Waals surface area contributed by atoms with Gasteiger partial charge < -0.3 is 15.0 Å². The Morgan fingerprint density at radius 1 is 1.65 bits per heavy atom. The molecular weight excluding hydrogens is 222 g/mol. The number of rotatable bonds is 1. The molecule has 6 heteroatoms. The summed E-state index contributed by atoms with van der Waals surface area (Å²) in [5, 5.41) is 9.72. The number of hydrogen-bond acceptors (Lipinski definition) is 4. The van der Waals surface area contributed by atoms with Crippen LogP contribution in [0, 0.1) is 5.92 Å². The van der Waals surface area contributed by atoms with Crippen LogP contribution < -0.4 is 5.56 Å². The molecule has 1 aromatic heterocycles. The quantitative estimate of drug-likeness (QED) is 0.696. The average molecular weight is 237 g/mol. The van der Waals surface area contributed by atoms with Gasteiger partial charge in [-0.05, 0) is 12.3 Å². The summed E-state index contributed by atoms with van der Waals surface area (Å²) in [6.07, 6.45) is 2.66. The highest BCUT2D eigenvalue weighted by Crippen LogP contribution is 2.18. The van der Waals surface area contributed by atoms with Gasteiger partial charge in [0.15, 0.2) is 0 Å². The molecule has 0 saturated carbocycles. The monoisotopic (exact) mass is 237 g/mol. The molecule has 1 saturated heterocycles. The lowest BCUT2D eigenvalue weighted by atomic mass is 9.96. The summed E-state index contributed by atoms with van der Waals surface area (Å²) in [5.41, 5.74) is -0.139. The van der Waals surface area contributed by atoms with E-state index in [2.05, 4.69) is 9.97 Å². The highest BCUT2D eigenvalue weighted by Gasteiger charge is 2.28. The van der Waals surface area contributed by atoms with Crippen LogP contribution in [0.25, 0.3) is 0 Å². The first kappa shape index (κ1) is 11.8. The lowest BCUT2D eigenvalue weighted by molar-refractivity contribution is 0.0245. The summed E-state index contributed by atoms with van der Waals surface area (Å²) < 4.78 is 0. The SMILES string of the molecule is CC1CCN(C(=O)c2c[nH]c(=O)cn2)CC1O. The van der Waals surface area contributed by atoms with E-state index in [-0.39, 0.29) is 23.1 Å². The number of nitrogens with zero attached hydrogens (tertiary/aromatic N) is 2. The molecule has 0 radical (unpaired) electrons. The number of β-amino-alcohol motifs (C(OH)–C–C–N with tert-alkyl or cyclic N) is 1. The van der Waals surface area contributed by atoms with Crippen LogP contribution in [0.5, 0.6) is 0 Å². The average Bonchev–Trinajstić information content (AvgIpc) is 2.33. The van der Waals surface area contributed by atoms with Gasteiger partial charge in [-0.25, -0.2) is 4.98 Å². The Morgan fingerprint density at radius 2 is 2.41 bits per heavy atom. The molecule has 1 fully saturated rings. The van der Waals surface area contributed by atoms with Gasteiger partial charge >= 0.3 is 0 Å². The molecule has 0 aromatic carbocycles. The summed E-state index contributed by atoms with van der Waals surface area (Å²) >= 11 is 0. The van der Waals surface area contributed by atoms with Crippen molar-refractivity contribution in [2.24, 2.45) is 5.92 Å². The number of aromatic nitrogens is 2.